The number of pyridine rings is 3. The summed E-state index contributed by atoms with van der Waals surface area (Å²) in [5, 5.41) is 12.3. The molecule has 35 heavy (non-hydrogen) atoms. The number of likely N-dealkylation sites (N-methyl/N-ethyl adjacent to an activating group) is 1. The summed E-state index contributed by atoms with van der Waals surface area (Å²) in [6.45, 7) is 7.90. The molecule has 6 heterocycles. The van der Waals surface area contributed by atoms with Crippen LogP contribution in [0.25, 0.3) is 44.6 Å². The molecule has 1 aliphatic heterocycles. The Morgan fingerprint density at radius 2 is 1.83 bits per heavy atom. The molecule has 0 saturated carbocycles. The van der Waals surface area contributed by atoms with Crippen LogP contribution >= 0.6 is 0 Å². The number of piperazine rings is 1. The molecule has 0 radical (unpaired) electrons. The quantitative estimate of drug-likeness (QED) is 0.352. The van der Waals surface area contributed by atoms with Crippen LogP contribution in [0.15, 0.2) is 49.1 Å². The van der Waals surface area contributed by atoms with E-state index in [4.69, 9.17) is 4.98 Å². The Labute approximate surface area is 203 Å². The Morgan fingerprint density at radius 1 is 0.971 bits per heavy atom. The van der Waals surface area contributed by atoms with Crippen molar-refractivity contribution in [2.45, 2.75) is 13.5 Å². The van der Waals surface area contributed by atoms with Crippen molar-refractivity contribution in [3.8, 4) is 22.6 Å². The fraction of sp³-hybridized carbons (Fsp3) is 0.308. The molecule has 1 fully saturated rings. The normalized spacial score (nSPS) is 14.9. The maximum Gasteiger partial charge on any atom is 0.135 e. The summed E-state index contributed by atoms with van der Waals surface area (Å²) in [5.74, 6) is 0. The Kier molecular flexibility index (Phi) is 5.63. The summed E-state index contributed by atoms with van der Waals surface area (Å²) in [4.78, 5) is 22.2. The maximum absolute atomic E-state index is 4.99. The number of hydrogen-bond acceptors (Lipinski definition) is 7. The third-order valence-electron chi connectivity index (χ3n) is 6.70. The lowest BCUT2D eigenvalue weighted by atomic mass is 10.1. The number of fused-ring (bicyclic) bond motifs is 2. The van der Waals surface area contributed by atoms with Crippen molar-refractivity contribution < 1.29 is 0 Å². The molecule has 9 nitrogen and oxygen atoms in total. The highest BCUT2D eigenvalue weighted by molar-refractivity contribution is 5.98. The average Bonchev–Trinajstić information content (AvgIpc) is 3.51. The van der Waals surface area contributed by atoms with Crippen molar-refractivity contribution in [2.24, 2.45) is 0 Å². The molecule has 5 aromatic rings. The van der Waals surface area contributed by atoms with E-state index in [9.17, 15) is 0 Å². The molecule has 6 rings (SSSR count). The van der Waals surface area contributed by atoms with Gasteiger partial charge in [-0.3, -0.25) is 15.1 Å². The van der Waals surface area contributed by atoms with Gasteiger partial charge in [0.25, 0.3) is 0 Å². The van der Waals surface area contributed by atoms with Gasteiger partial charge in [0.2, 0.25) is 0 Å². The summed E-state index contributed by atoms with van der Waals surface area (Å²) >= 11 is 0. The number of nitrogens with one attached hydrogen (secondary N) is 3. The van der Waals surface area contributed by atoms with E-state index in [1.165, 1.54) is 0 Å². The highest BCUT2D eigenvalue weighted by atomic mass is 15.3. The first-order valence-corrected chi connectivity index (χ1v) is 12.1. The van der Waals surface area contributed by atoms with E-state index in [-0.39, 0.29) is 0 Å². The summed E-state index contributed by atoms with van der Waals surface area (Å²) < 4.78 is 0. The number of nitrogens with zero attached hydrogens (tertiary/aromatic N) is 6. The third-order valence-corrected chi connectivity index (χ3v) is 6.70. The van der Waals surface area contributed by atoms with E-state index in [0.717, 1.165) is 95.1 Å². The first-order chi connectivity index (χ1) is 17.2. The summed E-state index contributed by atoms with van der Waals surface area (Å²) in [6.07, 6.45) is 7.61. The van der Waals surface area contributed by atoms with Crippen LogP contribution in [0, 0.1) is 0 Å². The van der Waals surface area contributed by atoms with Gasteiger partial charge in [0.15, 0.2) is 0 Å². The molecule has 0 aromatic carbocycles. The second kappa shape index (κ2) is 9.09. The van der Waals surface area contributed by atoms with Gasteiger partial charge in [-0.05, 0) is 43.4 Å². The van der Waals surface area contributed by atoms with Crippen molar-refractivity contribution in [3.05, 3.63) is 54.6 Å². The summed E-state index contributed by atoms with van der Waals surface area (Å²) in [7, 11) is 2.17. The minimum atomic E-state index is 0.787. The smallest absolute Gasteiger partial charge is 0.135 e. The highest BCUT2D eigenvalue weighted by Gasteiger charge is 2.19. The zero-order valence-corrected chi connectivity index (χ0v) is 20.0. The molecule has 0 bridgehead atoms. The van der Waals surface area contributed by atoms with Crippen molar-refractivity contribution in [3.63, 3.8) is 0 Å². The molecule has 1 aliphatic rings. The van der Waals surface area contributed by atoms with E-state index in [1.807, 2.05) is 36.9 Å². The summed E-state index contributed by atoms with van der Waals surface area (Å²) in [5.41, 5.74) is 8.64. The Hall–Kier alpha value is -3.82. The van der Waals surface area contributed by atoms with E-state index >= 15 is 0 Å². The lowest BCUT2D eigenvalue weighted by Crippen LogP contribution is -2.44. The first kappa shape index (κ1) is 21.7. The van der Waals surface area contributed by atoms with Gasteiger partial charge in [0, 0.05) is 56.1 Å². The fourth-order valence-corrected chi connectivity index (χ4v) is 4.70. The fourth-order valence-electron chi connectivity index (χ4n) is 4.70. The monoisotopic (exact) mass is 467 g/mol. The Bertz CT molecular complexity index is 1480. The van der Waals surface area contributed by atoms with Gasteiger partial charge in [-0.1, -0.05) is 6.92 Å². The van der Waals surface area contributed by atoms with Gasteiger partial charge >= 0.3 is 0 Å². The van der Waals surface area contributed by atoms with Gasteiger partial charge < -0.3 is 20.1 Å². The van der Waals surface area contributed by atoms with Crippen LogP contribution in [0.4, 0.5) is 5.69 Å². The highest BCUT2D eigenvalue weighted by Crippen LogP contribution is 2.33. The lowest BCUT2D eigenvalue weighted by molar-refractivity contribution is 0.313. The van der Waals surface area contributed by atoms with Crippen LogP contribution in [0.5, 0.6) is 0 Å². The standard InChI is InChI=1S/C26H29N9/c1-3-27-12-17-10-18(14-28-13-17)20-4-5-21-25(31-20)26(33-32-21)22-11-19-23(30-22)15-29-16-24(19)35-8-6-34(2)7-9-35/h4-5,10-11,13-16,27,30H,3,6-9,12H2,1-2H3,(H,32,33). The van der Waals surface area contributed by atoms with Crippen LogP contribution in [0.2, 0.25) is 0 Å². The van der Waals surface area contributed by atoms with Crippen LogP contribution in [-0.4, -0.2) is 74.8 Å². The van der Waals surface area contributed by atoms with Crippen molar-refractivity contribution in [1.29, 1.82) is 0 Å². The van der Waals surface area contributed by atoms with Gasteiger partial charge in [-0.15, -0.1) is 0 Å². The van der Waals surface area contributed by atoms with Gasteiger partial charge in [0.1, 0.15) is 11.2 Å². The predicted octanol–water partition coefficient (Wildman–Crippen LogP) is 3.42. The topological polar surface area (TPSA) is 102 Å². The average molecular weight is 468 g/mol. The lowest BCUT2D eigenvalue weighted by Gasteiger charge is -2.34. The molecule has 0 spiro atoms. The van der Waals surface area contributed by atoms with Crippen molar-refractivity contribution in [2.75, 3.05) is 44.7 Å². The molecule has 0 atom stereocenters. The molecule has 0 unspecified atom stereocenters. The molecular weight excluding hydrogens is 438 g/mol. The van der Waals surface area contributed by atoms with Gasteiger partial charge in [-0.25, -0.2) is 4.98 Å². The zero-order valence-electron chi connectivity index (χ0n) is 20.0. The number of aromatic amines is 2. The van der Waals surface area contributed by atoms with Crippen LogP contribution in [0.1, 0.15) is 12.5 Å². The number of rotatable bonds is 6. The van der Waals surface area contributed by atoms with Gasteiger partial charge in [-0.2, -0.15) is 5.10 Å². The number of hydrogen-bond donors (Lipinski definition) is 3. The SMILES string of the molecule is CCNCc1cncc(-c2ccc3[nH]nc(-c4cc5c(N6CCN(C)CC6)cncc5[nH]4)c3n2)c1. The maximum atomic E-state index is 4.99. The minimum absolute atomic E-state index is 0.787. The molecule has 178 valence electrons. The zero-order chi connectivity index (χ0) is 23.8. The molecule has 0 aliphatic carbocycles. The molecule has 9 heteroatoms. The van der Waals surface area contributed by atoms with Gasteiger partial charge in [0.05, 0.1) is 40.5 Å². The van der Waals surface area contributed by atoms with E-state index in [2.05, 4.69) is 66.4 Å². The van der Waals surface area contributed by atoms with E-state index < -0.39 is 0 Å². The first-order valence-electron chi connectivity index (χ1n) is 12.1. The Balaban J connectivity index is 1.38. The molecule has 0 amide bonds. The van der Waals surface area contributed by atoms with Crippen LogP contribution in [0.3, 0.4) is 0 Å². The number of H-pyrrole nitrogens is 2. The minimum Gasteiger partial charge on any atom is -0.367 e. The molecule has 5 aromatic heterocycles. The Morgan fingerprint density at radius 3 is 2.69 bits per heavy atom. The second-order valence-electron chi connectivity index (χ2n) is 9.12. The summed E-state index contributed by atoms with van der Waals surface area (Å²) in [6, 6.07) is 8.36. The van der Waals surface area contributed by atoms with Crippen LogP contribution in [-0.2, 0) is 6.54 Å². The molecule has 1 saturated heterocycles. The number of aromatic nitrogens is 6. The van der Waals surface area contributed by atoms with E-state index in [1.54, 1.807) is 0 Å². The third kappa shape index (κ3) is 4.13. The largest absolute Gasteiger partial charge is 0.367 e. The molecule has 3 N–H and O–H groups in total. The van der Waals surface area contributed by atoms with Crippen LogP contribution < -0.4 is 10.2 Å². The van der Waals surface area contributed by atoms with Crippen molar-refractivity contribution in [1.82, 2.24) is 40.3 Å². The predicted molar refractivity (Wildman–Crippen MR) is 139 cm³/mol. The van der Waals surface area contributed by atoms with E-state index in [0.29, 0.717) is 0 Å². The molecular formula is C26H29N9. The second-order valence-corrected chi connectivity index (χ2v) is 9.12. The number of anilines is 1. The van der Waals surface area contributed by atoms with Crippen molar-refractivity contribution >= 4 is 27.6 Å².